The Kier molecular flexibility index (Phi) is 3.53. The first kappa shape index (κ1) is 12.9. The second-order valence-electron chi connectivity index (χ2n) is 5.20. The van der Waals surface area contributed by atoms with Gasteiger partial charge in [-0.2, -0.15) is 5.26 Å². The minimum Gasteiger partial charge on any atom is -0.346 e. The summed E-state index contributed by atoms with van der Waals surface area (Å²) in [5.41, 5.74) is 2.41. The highest BCUT2D eigenvalue weighted by atomic mass is 19.1. The molecule has 1 aromatic carbocycles. The summed E-state index contributed by atoms with van der Waals surface area (Å²) in [5.74, 6) is -0.302. The smallest absolute Gasteiger partial charge is 0.123 e. The first-order valence-corrected chi connectivity index (χ1v) is 6.82. The van der Waals surface area contributed by atoms with Crippen LogP contribution < -0.4 is 5.32 Å². The summed E-state index contributed by atoms with van der Waals surface area (Å²) in [6.45, 7) is 1.34. The van der Waals surface area contributed by atoms with Crippen molar-refractivity contribution in [3.8, 4) is 6.07 Å². The highest BCUT2D eigenvalue weighted by Gasteiger charge is 2.20. The zero-order chi connectivity index (χ0) is 13.9. The normalized spacial score (nSPS) is 14.2. The molecule has 1 aromatic heterocycles. The molecule has 0 radical (unpaired) electrons. The van der Waals surface area contributed by atoms with Gasteiger partial charge in [-0.1, -0.05) is 0 Å². The van der Waals surface area contributed by atoms with Gasteiger partial charge in [-0.25, -0.2) is 4.39 Å². The molecular formula is C16H16FN3. The van der Waals surface area contributed by atoms with Crippen LogP contribution in [0.25, 0.3) is 0 Å². The van der Waals surface area contributed by atoms with Crippen LogP contribution in [0.2, 0.25) is 0 Å². The van der Waals surface area contributed by atoms with Crippen molar-refractivity contribution < 1.29 is 4.39 Å². The van der Waals surface area contributed by atoms with Gasteiger partial charge < -0.3 is 9.88 Å². The third kappa shape index (κ3) is 2.89. The van der Waals surface area contributed by atoms with E-state index in [4.69, 9.17) is 5.26 Å². The molecule has 0 amide bonds. The summed E-state index contributed by atoms with van der Waals surface area (Å²) in [5, 5.41) is 12.6. The van der Waals surface area contributed by atoms with E-state index >= 15 is 0 Å². The molecule has 4 heteroatoms. The zero-order valence-electron chi connectivity index (χ0n) is 11.1. The first-order chi connectivity index (χ1) is 9.76. The topological polar surface area (TPSA) is 40.8 Å². The number of halogens is 1. The molecule has 1 aliphatic rings. The van der Waals surface area contributed by atoms with Crippen LogP contribution in [-0.2, 0) is 13.1 Å². The molecule has 0 atom stereocenters. The maximum atomic E-state index is 13.3. The second kappa shape index (κ2) is 5.48. The largest absolute Gasteiger partial charge is 0.346 e. The fraction of sp³-hybridized carbons (Fsp3) is 0.312. The lowest BCUT2D eigenvalue weighted by atomic mass is 10.1. The molecule has 3 nitrogen and oxygen atoms in total. The van der Waals surface area contributed by atoms with Gasteiger partial charge in [0.15, 0.2) is 0 Å². The van der Waals surface area contributed by atoms with Crippen LogP contribution in [0.1, 0.15) is 29.7 Å². The van der Waals surface area contributed by atoms with Crippen molar-refractivity contribution in [2.24, 2.45) is 0 Å². The van der Waals surface area contributed by atoms with Crippen LogP contribution in [-0.4, -0.2) is 10.6 Å². The number of hydrogen-bond donors (Lipinski definition) is 1. The zero-order valence-corrected chi connectivity index (χ0v) is 11.1. The average Bonchev–Trinajstić information content (AvgIpc) is 3.17. The van der Waals surface area contributed by atoms with Gasteiger partial charge >= 0.3 is 0 Å². The number of nitriles is 1. The number of hydrogen-bond acceptors (Lipinski definition) is 2. The van der Waals surface area contributed by atoms with Gasteiger partial charge in [0.1, 0.15) is 5.82 Å². The summed E-state index contributed by atoms with van der Waals surface area (Å²) in [7, 11) is 0. The van der Waals surface area contributed by atoms with Crippen LogP contribution in [0.15, 0.2) is 36.5 Å². The Labute approximate surface area is 117 Å². The molecule has 0 aliphatic heterocycles. The Morgan fingerprint density at radius 3 is 2.95 bits per heavy atom. The SMILES string of the molecule is N#Cc1ccc(F)cc1Cn1cccc1CNC1CC1. The Hall–Kier alpha value is -2.12. The molecule has 0 spiro atoms. The highest BCUT2D eigenvalue weighted by molar-refractivity contribution is 5.38. The molecule has 1 heterocycles. The molecule has 1 fully saturated rings. The van der Waals surface area contributed by atoms with Crippen molar-refractivity contribution in [1.82, 2.24) is 9.88 Å². The minimum atomic E-state index is -0.302. The van der Waals surface area contributed by atoms with E-state index < -0.39 is 0 Å². The lowest BCUT2D eigenvalue weighted by Crippen LogP contribution is -2.18. The van der Waals surface area contributed by atoms with Crippen molar-refractivity contribution in [2.45, 2.75) is 32.0 Å². The molecule has 0 bridgehead atoms. The quantitative estimate of drug-likeness (QED) is 0.906. The summed E-state index contributed by atoms with van der Waals surface area (Å²) in [6.07, 6.45) is 4.47. The molecule has 3 rings (SSSR count). The van der Waals surface area contributed by atoms with Crippen molar-refractivity contribution >= 4 is 0 Å². The number of aromatic nitrogens is 1. The van der Waals surface area contributed by atoms with E-state index in [0.717, 1.165) is 17.8 Å². The summed E-state index contributed by atoms with van der Waals surface area (Å²) >= 11 is 0. The van der Waals surface area contributed by atoms with Gasteiger partial charge in [0, 0.05) is 31.0 Å². The lowest BCUT2D eigenvalue weighted by Gasteiger charge is -2.11. The molecule has 0 unspecified atom stereocenters. The Morgan fingerprint density at radius 1 is 1.35 bits per heavy atom. The summed E-state index contributed by atoms with van der Waals surface area (Å²) < 4.78 is 15.4. The van der Waals surface area contributed by atoms with Gasteiger partial charge in [-0.15, -0.1) is 0 Å². The highest BCUT2D eigenvalue weighted by Crippen LogP contribution is 2.20. The average molecular weight is 269 g/mol. The van der Waals surface area contributed by atoms with Crippen LogP contribution in [0.3, 0.4) is 0 Å². The predicted octanol–water partition coefficient (Wildman–Crippen LogP) is 2.80. The van der Waals surface area contributed by atoms with Gasteiger partial charge in [-0.05, 0) is 48.7 Å². The van der Waals surface area contributed by atoms with Crippen LogP contribution in [0.4, 0.5) is 4.39 Å². The molecule has 102 valence electrons. The molecule has 1 aliphatic carbocycles. The first-order valence-electron chi connectivity index (χ1n) is 6.82. The maximum absolute atomic E-state index is 13.3. The molecular weight excluding hydrogens is 253 g/mol. The molecule has 2 aromatic rings. The number of rotatable bonds is 5. The molecule has 1 N–H and O–H groups in total. The summed E-state index contributed by atoms with van der Waals surface area (Å²) in [6, 6.07) is 11.1. The van der Waals surface area contributed by atoms with Crippen LogP contribution >= 0.6 is 0 Å². The molecule has 1 saturated carbocycles. The Morgan fingerprint density at radius 2 is 2.20 bits per heavy atom. The van der Waals surface area contributed by atoms with Gasteiger partial charge in [0.2, 0.25) is 0 Å². The molecule has 20 heavy (non-hydrogen) atoms. The monoisotopic (exact) mass is 269 g/mol. The lowest BCUT2D eigenvalue weighted by molar-refractivity contribution is 0.616. The number of nitrogens with zero attached hydrogens (tertiary/aromatic N) is 2. The van der Waals surface area contributed by atoms with Crippen LogP contribution in [0.5, 0.6) is 0 Å². The third-order valence-electron chi connectivity index (χ3n) is 3.60. The van der Waals surface area contributed by atoms with E-state index in [-0.39, 0.29) is 5.82 Å². The van der Waals surface area contributed by atoms with Crippen LogP contribution in [0, 0.1) is 17.1 Å². The maximum Gasteiger partial charge on any atom is 0.123 e. The number of benzene rings is 1. The molecule has 0 saturated heterocycles. The van der Waals surface area contributed by atoms with Crippen molar-refractivity contribution in [3.63, 3.8) is 0 Å². The van der Waals surface area contributed by atoms with Gasteiger partial charge in [0.25, 0.3) is 0 Å². The van der Waals surface area contributed by atoms with Crippen molar-refractivity contribution in [2.75, 3.05) is 0 Å². The van der Waals surface area contributed by atoms with Gasteiger partial charge in [-0.3, -0.25) is 0 Å². The Balaban J connectivity index is 1.78. The van der Waals surface area contributed by atoms with E-state index in [2.05, 4.69) is 22.0 Å². The summed E-state index contributed by atoms with van der Waals surface area (Å²) in [4.78, 5) is 0. The van der Waals surface area contributed by atoms with Gasteiger partial charge in [0.05, 0.1) is 11.6 Å². The van der Waals surface area contributed by atoms with Crippen molar-refractivity contribution in [1.29, 1.82) is 5.26 Å². The number of nitrogens with one attached hydrogen (secondary N) is 1. The fourth-order valence-electron chi connectivity index (χ4n) is 2.29. The Bertz CT molecular complexity index is 650. The van der Waals surface area contributed by atoms with Crippen molar-refractivity contribution in [3.05, 3.63) is 59.2 Å². The third-order valence-corrected chi connectivity index (χ3v) is 3.60. The fourth-order valence-corrected chi connectivity index (χ4v) is 2.29. The standard InChI is InChI=1S/C16H16FN3/c17-14-4-3-12(9-18)13(8-14)11-20-7-1-2-16(20)10-19-15-5-6-15/h1-4,7-8,15,19H,5-6,10-11H2. The van der Waals surface area contributed by atoms with E-state index in [1.807, 2.05) is 12.3 Å². The van der Waals surface area contributed by atoms with E-state index in [0.29, 0.717) is 18.2 Å². The van der Waals surface area contributed by atoms with E-state index in [1.165, 1.54) is 31.0 Å². The predicted molar refractivity (Wildman–Crippen MR) is 74.5 cm³/mol. The second-order valence-corrected chi connectivity index (χ2v) is 5.20. The van der Waals surface area contributed by atoms with E-state index in [1.54, 1.807) is 0 Å². The minimum absolute atomic E-state index is 0.302. The van der Waals surface area contributed by atoms with E-state index in [9.17, 15) is 4.39 Å².